The standard InChI is InChI=1S/C10H14O4/c1-4-6(2)9(10(13)14)7(3)5-8(11)12/h4-5,9H,1-3H3,(H,11,12)(H,13,14)/b6-4-,7-5+. The van der Waals surface area contributed by atoms with Gasteiger partial charge in [-0.3, -0.25) is 4.79 Å². The van der Waals surface area contributed by atoms with Crippen LogP contribution >= 0.6 is 0 Å². The van der Waals surface area contributed by atoms with Crippen LogP contribution in [0.15, 0.2) is 23.3 Å². The van der Waals surface area contributed by atoms with E-state index in [1.807, 2.05) is 0 Å². The second-order valence-electron chi connectivity index (χ2n) is 3.03. The molecule has 4 nitrogen and oxygen atoms in total. The molecule has 4 heteroatoms. The number of allylic oxidation sites excluding steroid dienone is 1. The monoisotopic (exact) mass is 198 g/mol. The van der Waals surface area contributed by atoms with Crippen molar-refractivity contribution in [3.63, 3.8) is 0 Å². The Labute approximate surface area is 82.6 Å². The summed E-state index contributed by atoms with van der Waals surface area (Å²) in [5.74, 6) is -3.00. The average molecular weight is 198 g/mol. The molecular weight excluding hydrogens is 184 g/mol. The van der Waals surface area contributed by atoms with E-state index in [1.165, 1.54) is 6.92 Å². The van der Waals surface area contributed by atoms with Crippen molar-refractivity contribution in [2.24, 2.45) is 5.92 Å². The molecule has 0 spiro atoms. The van der Waals surface area contributed by atoms with E-state index >= 15 is 0 Å². The largest absolute Gasteiger partial charge is 0.481 e. The van der Waals surface area contributed by atoms with Gasteiger partial charge in [0.25, 0.3) is 0 Å². The fraction of sp³-hybridized carbons (Fsp3) is 0.400. The highest BCUT2D eigenvalue weighted by molar-refractivity contribution is 5.84. The van der Waals surface area contributed by atoms with Crippen molar-refractivity contribution in [1.29, 1.82) is 0 Å². The van der Waals surface area contributed by atoms with Gasteiger partial charge in [0, 0.05) is 6.08 Å². The van der Waals surface area contributed by atoms with Crippen molar-refractivity contribution < 1.29 is 19.8 Å². The van der Waals surface area contributed by atoms with Crippen LogP contribution in [0.1, 0.15) is 20.8 Å². The van der Waals surface area contributed by atoms with Gasteiger partial charge in [0.1, 0.15) is 0 Å². The molecule has 0 aromatic heterocycles. The molecule has 1 atom stereocenters. The summed E-state index contributed by atoms with van der Waals surface area (Å²) in [6.45, 7) is 4.89. The first-order valence-electron chi connectivity index (χ1n) is 4.16. The molecule has 0 aromatic carbocycles. The fourth-order valence-corrected chi connectivity index (χ4v) is 1.19. The molecule has 14 heavy (non-hydrogen) atoms. The number of hydrogen-bond donors (Lipinski definition) is 2. The molecule has 78 valence electrons. The lowest BCUT2D eigenvalue weighted by atomic mass is 9.92. The third kappa shape index (κ3) is 3.43. The number of hydrogen-bond acceptors (Lipinski definition) is 2. The van der Waals surface area contributed by atoms with Crippen LogP contribution in [-0.4, -0.2) is 22.2 Å². The zero-order valence-corrected chi connectivity index (χ0v) is 8.44. The summed E-state index contributed by atoms with van der Waals surface area (Å²) in [4.78, 5) is 21.2. The second kappa shape index (κ2) is 5.21. The molecule has 0 saturated carbocycles. The molecule has 0 fully saturated rings. The first kappa shape index (κ1) is 12.4. The number of aliphatic carboxylic acids is 2. The van der Waals surface area contributed by atoms with Crippen molar-refractivity contribution in [2.75, 3.05) is 0 Å². The molecule has 0 aliphatic rings. The molecule has 0 radical (unpaired) electrons. The summed E-state index contributed by atoms with van der Waals surface area (Å²) < 4.78 is 0. The smallest absolute Gasteiger partial charge is 0.328 e. The maximum atomic E-state index is 10.8. The van der Waals surface area contributed by atoms with Gasteiger partial charge in [0.2, 0.25) is 0 Å². The molecule has 0 saturated heterocycles. The van der Waals surface area contributed by atoms with Crippen molar-refractivity contribution in [1.82, 2.24) is 0 Å². The fourth-order valence-electron chi connectivity index (χ4n) is 1.19. The molecule has 1 unspecified atom stereocenters. The number of rotatable bonds is 4. The normalized spacial score (nSPS) is 15.1. The topological polar surface area (TPSA) is 74.6 Å². The summed E-state index contributed by atoms with van der Waals surface area (Å²) in [6, 6.07) is 0. The Bertz CT molecular complexity index is 299. The van der Waals surface area contributed by atoms with Gasteiger partial charge in [-0.25, -0.2) is 4.79 Å². The lowest BCUT2D eigenvalue weighted by molar-refractivity contribution is -0.139. The molecule has 0 aromatic rings. The quantitative estimate of drug-likeness (QED) is 0.532. The van der Waals surface area contributed by atoms with E-state index in [4.69, 9.17) is 10.2 Å². The minimum Gasteiger partial charge on any atom is -0.481 e. The molecule has 0 bridgehead atoms. The zero-order chi connectivity index (χ0) is 11.3. The van der Waals surface area contributed by atoms with E-state index in [-0.39, 0.29) is 0 Å². The van der Waals surface area contributed by atoms with E-state index in [1.54, 1.807) is 19.9 Å². The van der Waals surface area contributed by atoms with Crippen LogP contribution in [0.2, 0.25) is 0 Å². The minimum absolute atomic E-state index is 0.320. The molecule has 0 rings (SSSR count). The molecule has 0 aliphatic heterocycles. The van der Waals surface area contributed by atoms with Crippen molar-refractivity contribution >= 4 is 11.9 Å². The Kier molecular flexibility index (Phi) is 4.63. The van der Waals surface area contributed by atoms with Gasteiger partial charge in [0.15, 0.2) is 0 Å². The van der Waals surface area contributed by atoms with E-state index in [9.17, 15) is 9.59 Å². The third-order valence-corrected chi connectivity index (χ3v) is 1.96. The predicted octanol–water partition coefficient (Wildman–Crippen LogP) is 1.68. The van der Waals surface area contributed by atoms with Crippen LogP contribution in [0, 0.1) is 5.92 Å². The lowest BCUT2D eigenvalue weighted by Gasteiger charge is -2.12. The highest BCUT2D eigenvalue weighted by Gasteiger charge is 2.21. The van der Waals surface area contributed by atoms with Gasteiger partial charge in [-0.2, -0.15) is 0 Å². The second-order valence-corrected chi connectivity index (χ2v) is 3.03. The molecule has 0 amide bonds. The van der Waals surface area contributed by atoms with Crippen molar-refractivity contribution in [2.45, 2.75) is 20.8 Å². The van der Waals surface area contributed by atoms with Crippen LogP contribution in [0.3, 0.4) is 0 Å². The summed E-state index contributed by atoms with van der Waals surface area (Å²) in [6.07, 6.45) is 2.59. The summed E-state index contributed by atoms with van der Waals surface area (Å²) in [5.41, 5.74) is 0.952. The van der Waals surface area contributed by atoms with Crippen molar-refractivity contribution in [3.8, 4) is 0 Å². The van der Waals surface area contributed by atoms with Gasteiger partial charge >= 0.3 is 11.9 Å². The van der Waals surface area contributed by atoms with Crippen LogP contribution in [0.25, 0.3) is 0 Å². The third-order valence-electron chi connectivity index (χ3n) is 1.96. The number of carboxylic acid groups (broad SMARTS) is 2. The van der Waals surface area contributed by atoms with Crippen LogP contribution < -0.4 is 0 Å². The molecular formula is C10H14O4. The number of carbonyl (C=O) groups is 2. The maximum absolute atomic E-state index is 10.8. The Balaban J connectivity index is 5.04. The van der Waals surface area contributed by atoms with Crippen LogP contribution in [-0.2, 0) is 9.59 Å². The van der Waals surface area contributed by atoms with Crippen LogP contribution in [0.5, 0.6) is 0 Å². The molecule has 0 heterocycles. The lowest BCUT2D eigenvalue weighted by Crippen LogP contribution is -2.17. The Morgan fingerprint density at radius 2 is 1.64 bits per heavy atom. The van der Waals surface area contributed by atoms with Gasteiger partial charge in [0.05, 0.1) is 5.92 Å². The first-order chi connectivity index (χ1) is 6.40. The Morgan fingerprint density at radius 3 is 1.93 bits per heavy atom. The SMILES string of the molecule is C/C=C(/C)C(C(=O)O)/C(C)=C/C(=O)O. The maximum Gasteiger partial charge on any atom is 0.328 e. The van der Waals surface area contributed by atoms with E-state index < -0.39 is 17.9 Å². The molecule has 2 N–H and O–H groups in total. The minimum atomic E-state index is -1.13. The van der Waals surface area contributed by atoms with E-state index in [0.29, 0.717) is 11.1 Å². The van der Waals surface area contributed by atoms with Gasteiger partial charge in [-0.15, -0.1) is 0 Å². The summed E-state index contributed by atoms with van der Waals surface area (Å²) in [5, 5.41) is 17.4. The molecule has 0 aliphatic carbocycles. The Hall–Kier alpha value is -1.58. The summed E-state index contributed by atoms with van der Waals surface area (Å²) >= 11 is 0. The highest BCUT2D eigenvalue weighted by atomic mass is 16.4. The average Bonchev–Trinajstić information content (AvgIpc) is 2.01. The van der Waals surface area contributed by atoms with Gasteiger partial charge < -0.3 is 10.2 Å². The van der Waals surface area contributed by atoms with Crippen molar-refractivity contribution in [3.05, 3.63) is 23.3 Å². The Morgan fingerprint density at radius 1 is 1.14 bits per heavy atom. The first-order valence-corrected chi connectivity index (χ1v) is 4.16. The zero-order valence-electron chi connectivity index (χ0n) is 8.44. The predicted molar refractivity (Wildman–Crippen MR) is 51.9 cm³/mol. The number of carboxylic acids is 2. The van der Waals surface area contributed by atoms with Crippen LogP contribution in [0.4, 0.5) is 0 Å². The van der Waals surface area contributed by atoms with E-state index in [0.717, 1.165) is 6.08 Å². The van der Waals surface area contributed by atoms with Gasteiger partial charge in [-0.05, 0) is 26.3 Å². The summed E-state index contributed by atoms with van der Waals surface area (Å²) in [7, 11) is 0. The van der Waals surface area contributed by atoms with E-state index in [2.05, 4.69) is 0 Å². The van der Waals surface area contributed by atoms with Gasteiger partial charge in [-0.1, -0.05) is 11.6 Å². The highest BCUT2D eigenvalue weighted by Crippen LogP contribution is 2.19.